The Balaban J connectivity index is 1.12. The van der Waals surface area contributed by atoms with Crippen LogP contribution < -0.4 is 9.64 Å². The van der Waals surface area contributed by atoms with Crippen LogP contribution in [-0.4, -0.2) is 63.6 Å². The molecular formula is C29H28N6O3. The maximum Gasteiger partial charge on any atom is 0.253 e. The molecule has 2 aliphatic rings. The standard InChI is InChI=1S/C29H28N6O3/c1-38-26-14-24(6-7-25(26)23-17-32-33-18-23)35-13-10-29(28(35)37)8-11-34(12-9-29)27(36)21-4-2-20(3-5-21)22-15-30-19-31-16-22/h2-7,14-19H,8-13H2,1H3,(H,32,33). The molecule has 2 aromatic carbocycles. The second kappa shape index (κ2) is 9.74. The zero-order valence-corrected chi connectivity index (χ0v) is 21.1. The summed E-state index contributed by atoms with van der Waals surface area (Å²) in [4.78, 5) is 38.7. The Bertz CT molecular complexity index is 1450. The molecule has 1 spiro atoms. The number of carbonyl (C=O) groups excluding carboxylic acids is 2. The summed E-state index contributed by atoms with van der Waals surface area (Å²) in [5.74, 6) is 0.832. The molecule has 9 nitrogen and oxygen atoms in total. The fourth-order valence-corrected chi connectivity index (χ4v) is 5.59. The highest BCUT2D eigenvalue weighted by Gasteiger charge is 2.49. The number of amides is 2. The number of ether oxygens (including phenoxy) is 1. The highest BCUT2D eigenvalue weighted by molar-refractivity contribution is 6.01. The molecule has 0 unspecified atom stereocenters. The molecule has 0 radical (unpaired) electrons. The van der Waals surface area contributed by atoms with Crippen LogP contribution >= 0.6 is 0 Å². The van der Waals surface area contributed by atoms with Gasteiger partial charge in [-0.05, 0) is 49.1 Å². The van der Waals surface area contributed by atoms with Crippen molar-refractivity contribution in [3.05, 3.63) is 79.1 Å². The number of aromatic amines is 1. The molecule has 38 heavy (non-hydrogen) atoms. The molecule has 0 saturated carbocycles. The predicted molar refractivity (Wildman–Crippen MR) is 143 cm³/mol. The molecule has 4 heterocycles. The van der Waals surface area contributed by atoms with Crippen molar-refractivity contribution in [1.82, 2.24) is 25.1 Å². The number of carbonyl (C=O) groups is 2. The van der Waals surface area contributed by atoms with E-state index in [9.17, 15) is 9.59 Å². The first-order valence-electron chi connectivity index (χ1n) is 12.7. The summed E-state index contributed by atoms with van der Waals surface area (Å²) in [6.45, 7) is 1.79. The fourth-order valence-electron chi connectivity index (χ4n) is 5.59. The van der Waals surface area contributed by atoms with Gasteiger partial charge in [0.2, 0.25) is 5.91 Å². The average molecular weight is 509 g/mol. The van der Waals surface area contributed by atoms with Crippen molar-refractivity contribution in [2.24, 2.45) is 5.41 Å². The molecule has 0 atom stereocenters. The molecule has 9 heteroatoms. The lowest BCUT2D eigenvalue weighted by molar-refractivity contribution is -0.127. The van der Waals surface area contributed by atoms with Gasteiger partial charge in [0.05, 0.1) is 18.7 Å². The van der Waals surface area contributed by atoms with E-state index in [1.165, 1.54) is 6.33 Å². The molecular weight excluding hydrogens is 480 g/mol. The SMILES string of the molecule is COc1cc(N2CCC3(CCN(C(=O)c4ccc(-c5cncnc5)cc4)CC3)C2=O)ccc1-c1cn[nH]c1. The number of methoxy groups -OCH3 is 1. The van der Waals surface area contributed by atoms with Crippen LogP contribution in [0, 0.1) is 5.41 Å². The van der Waals surface area contributed by atoms with E-state index >= 15 is 0 Å². The quantitative estimate of drug-likeness (QED) is 0.433. The van der Waals surface area contributed by atoms with Crippen molar-refractivity contribution in [2.75, 3.05) is 31.6 Å². The number of aromatic nitrogens is 4. The van der Waals surface area contributed by atoms with Gasteiger partial charge in [0.1, 0.15) is 12.1 Å². The minimum absolute atomic E-state index is 0.00224. The predicted octanol–water partition coefficient (Wildman–Crippen LogP) is 4.20. The van der Waals surface area contributed by atoms with Crippen LogP contribution in [0.3, 0.4) is 0 Å². The highest BCUT2D eigenvalue weighted by atomic mass is 16.5. The lowest BCUT2D eigenvalue weighted by Crippen LogP contribution is -2.46. The van der Waals surface area contributed by atoms with Crippen LogP contribution in [0.25, 0.3) is 22.3 Å². The molecule has 1 N–H and O–H groups in total. The van der Waals surface area contributed by atoms with Crippen molar-refractivity contribution < 1.29 is 14.3 Å². The van der Waals surface area contributed by atoms with Crippen molar-refractivity contribution in [2.45, 2.75) is 19.3 Å². The third-order valence-corrected chi connectivity index (χ3v) is 7.85. The van der Waals surface area contributed by atoms with E-state index in [0.717, 1.165) is 34.4 Å². The summed E-state index contributed by atoms with van der Waals surface area (Å²) >= 11 is 0. The number of benzene rings is 2. The molecule has 2 amide bonds. The summed E-state index contributed by atoms with van der Waals surface area (Å²) < 4.78 is 5.63. The Morgan fingerprint density at radius 1 is 0.921 bits per heavy atom. The van der Waals surface area contributed by atoms with Gasteiger partial charge in [-0.2, -0.15) is 5.10 Å². The summed E-state index contributed by atoms with van der Waals surface area (Å²) in [6.07, 6.45) is 10.7. The van der Waals surface area contributed by atoms with Gasteiger partial charge in [-0.1, -0.05) is 12.1 Å². The van der Waals surface area contributed by atoms with Gasteiger partial charge in [-0.25, -0.2) is 9.97 Å². The molecule has 2 saturated heterocycles. The van der Waals surface area contributed by atoms with Crippen LogP contribution in [0.4, 0.5) is 5.69 Å². The van der Waals surface area contributed by atoms with Crippen LogP contribution in [0.5, 0.6) is 5.75 Å². The lowest BCUT2D eigenvalue weighted by atomic mass is 9.77. The minimum atomic E-state index is -0.426. The van der Waals surface area contributed by atoms with Crippen molar-refractivity contribution >= 4 is 17.5 Å². The largest absolute Gasteiger partial charge is 0.496 e. The number of rotatable bonds is 5. The first-order valence-corrected chi connectivity index (χ1v) is 12.7. The van der Waals surface area contributed by atoms with E-state index in [1.807, 2.05) is 58.5 Å². The van der Waals surface area contributed by atoms with Crippen LogP contribution in [-0.2, 0) is 4.79 Å². The van der Waals surface area contributed by atoms with Gasteiger partial charge in [0.25, 0.3) is 5.91 Å². The first kappa shape index (κ1) is 23.8. The van der Waals surface area contributed by atoms with Gasteiger partial charge in [-0.15, -0.1) is 0 Å². The van der Waals surface area contributed by atoms with Gasteiger partial charge < -0.3 is 14.5 Å². The molecule has 6 rings (SSSR count). The van der Waals surface area contributed by atoms with E-state index < -0.39 is 5.41 Å². The van der Waals surface area contributed by atoms with E-state index in [4.69, 9.17) is 4.74 Å². The van der Waals surface area contributed by atoms with Crippen molar-refractivity contribution in [3.8, 4) is 28.0 Å². The average Bonchev–Trinajstić information content (AvgIpc) is 3.62. The topological polar surface area (TPSA) is 104 Å². The fraction of sp³-hybridized carbons (Fsp3) is 0.276. The Labute approximate surface area is 220 Å². The second-order valence-electron chi connectivity index (χ2n) is 9.86. The third kappa shape index (κ3) is 4.19. The van der Waals surface area contributed by atoms with E-state index in [0.29, 0.717) is 43.8 Å². The molecule has 192 valence electrons. The van der Waals surface area contributed by atoms with Gasteiger partial charge in [0, 0.05) is 72.2 Å². The number of H-pyrrole nitrogens is 1. The Kier molecular flexibility index (Phi) is 6.11. The maximum atomic E-state index is 13.7. The zero-order valence-electron chi connectivity index (χ0n) is 21.1. The van der Waals surface area contributed by atoms with Gasteiger partial charge in [-0.3, -0.25) is 14.7 Å². The van der Waals surface area contributed by atoms with Gasteiger partial charge in [0.15, 0.2) is 0 Å². The second-order valence-corrected chi connectivity index (χ2v) is 9.86. The van der Waals surface area contributed by atoms with E-state index in [2.05, 4.69) is 20.2 Å². The maximum absolute atomic E-state index is 13.7. The normalized spacial score (nSPS) is 16.7. The van der Waals surface area contributed by atoms with E-state index in [1.54, 1.807) is 25.7 Å². The number of hydrogen-bond acceptors (Lipinski definition) is 6. The number of piperidine rings is 1. The molecule has 2 fully saturated rings. The summed E-state index contributed by atoms with van der Waals surface area (Å²) in [5.41, 5.74) is 4.77. The van der Waals surface area contributed by atoms with Crippen LogP contribution in [0.1, 0.15) is 29.6 Å². The monoisotopic (exact) mass is 508 g/mol. The molecule has 2 aliphatic heterocycles. The van der Waals surface area contributed by atoms with E-state index in [-0.39, 0.29) is 11.8 Å². The number of anilines is 1. The minimum Gasteiger partial charge on any atom is -0.496 e. The first-order chi connectivity index (χ1) is 18.6. The Morgan fingerprint density at radius 2 is 1.66 bits per heavy atom. The summed E-state index contributed by atoms with van der Waals surface area (Å²) in [6, 6.07) is 13.4. The molecule has 4 aromatic rings. The van der Waals surface area contributed by atoms with Gasteiger partial charge >= 0.3 is 0 Å². The lowest BCUT2D eigenvalue weighted by Gasteiger charge is -2.38. The number of nitrogens with zero attached hydrogens (tertiary/aromatic N) is 5. The molecule has 0 aliphatic carbocycles. The van der Waals surface area contributed by atoms with Crippen molar-refractivity contribution in [3.63, 3.8) is 0 Å². The highest BCUT2D eigenvalue weighted by Crippen LogP contribution is 2.44. The Morgan fingerprint density at radius 3 is 2.34 bits per heavy atom. The molecule has 2 aromatic heterocycles. The number of likely N-dealkylation sites (tertiary alicyclic amines) is 1. The zero-order chi connectivity index (χ0) is 26.1. The number of hydrogen-bond donors (Lipinski definition) is 1. The number of nitrogens with one attached hydrogen (secondary N) is 1. The summed E-state index contributed by atoms with van der Waals surface area (Å²) in [5, 5.41) is 6.84. The van der Waals surface area contributed by atoms with Crippen LogP contribution in [0.2, 0.25) is 0 Å². The smallest absolute Gasteiger partial charge is 0.253 e. The third-order valence-electron chi connectivity index (χ3n) is 7.85. The van der Waals surface area contributed by atoms with Crippen LogP contribution in [0.15, 0.2) is 73.6 Å². The summed E-state index contributed by atoms with van der Waals surface area (Å²) in [7, 11) is 1.63. The molecule has 0 bridgehead atoms. The van der Waals surface area contributed by atoms with Crippen molar-refractivity contribution in [1.29, 1.82) is 0 Å². The Hall–Kier alpha value is -4.53.